The highest BCUT2D eigenvalue weighted by Gasteiger charge is 2.24. The van der Waals surface area contributed by atoms with Crippen molar-refractivity contribution >= 4 is 28.0 Å². The second-order valence-corrected chi connectivity index (χ2v) is 10.7. The van der Waals surface area contributed by atoms with Gasteiger partial charge in [-0.15, -0.1) is 0 Å². The van der Waals surface area contributed by atoms with E-state index in [1.807, 2.05) is 0 Å². The van der Waals surface area contributed by atoms with E-state index in [1.165, 1.54) is 44.3 Å². The lowest BCUT2D eigenvalue weighted by atomic mass is 9.91. The quantitative estimate of drug-likeness (QED) is 0.154. The molecule has 39 heavy (non-hydrogen) atoms. The molecule has 0 bridgehead atoms. The summed E-state index contributed by atoms with van der Waals surface area (Å²) in [6.07, 6.45) is 1.91. The maximum absolute atomic E-state index is 4.99. The minimum Gasteiger partial charge on any atom is -0.356 e. The van der Waals surface area contributed by atoms with Gasteiger partial charge in [-0.25, -0.2) is 4.99 Å². The third kappa shape index (κ3) is 5.16. The molecule has 3 heteroatoms. The normalized spacial score (nSPS) is 15.2. The Balaban J connectivity index is 1.21. The van der Waals surface area contributed by atoms with Gasteiger partial charge < -0.3 is 4.90 Å². The Labute approximate surface area is 231 Å². The fourth-order valence-corrected chi connectivity index (χ4v) is 5.51. The molecule has 2 aliphatic rings. The first-order valence-corrected chi connectivity index (χ1v) is 13.7. The predicted molar refractivity (Wildman–Crippen MR) is 164 cm³/mol. The van der Waals surface area contributed by atoms with Gasteiger partial charge in [0.05, 0.1) is 17.1 Å². The summed E-state index contributed by atoms with van der Waals surface area (Å²) in [5, 5.41) is 2.47. The Kier molecular flexibility index (Phi) is 6.63. The van der Waals surface area contributed by atoms with Gasteiger partial charge in [-0.3, -0.25) is 4.99 Å². The third-order valence-corrected chi connectivity index (χ3v) is 7.91. The van der Waals surface area contributed by atoms with E-state index >= 15 is 0 Å². The van der Waals surface area contributed by atoms with E-state index in [9.17, 15) is 0 Å². The van der Waals surface area contributed by atoms with Crippen LogP contribution in [0.5, 0.6) is 0 Å². The highest BCUT2D eigenvalue weighted by atomic mass is 15.2. The van der Waals surface area contributed by atoms with Gasteiger partial charge in [-0.05, 0) is 79.8 Å². The fourth-order valence-electron chi connectivity index (χ4n) is 5.51. The SMILES string of the molecule is CC(=N/C(C)=C(\C)C#Cc1ccc2cc(C)ccc2c1)N1CCc2cccc(C3=Nc4ccccc4C3)c2C1. The van der Waals surface area contributed by atoms with Crippen LogP contribution in [0.1, 0.15) is 54.2 Å². The number of benzene rings is 4. The number of aliphatic imine (C=N–C) groups is 2. The number of hydrogen-bond acceptors (Lipinski definition) is 2. The van der Waals surface area contributed by atoms with E-state index in [4.69, 9.17) is 9.98 Å². The average Bonchev–Trinajstić information content (AvgIpc) is 3.39. The van der Waals surface area contributed by atoms with E-state index in [-0.39, 0.29) is 0 Å². The van der Waals surface area contributed by atoms with Crippen LogP contribution in [-0.2, 0) is 19.4 Å². The Morgan fingerprint density at radius 2 is 1.67 bits per heavy atom. The van der Waals surface area contributed by atoms with Crippen LogP contribution in [0.15, 0.2) is 100 Å². The number of fused-ring (bicyclic) bond motifs is 3. The summed E-state index contributed by atoms with van der Waals surface area (Å²) in [7, 11) is 0. The molecule has 0 fully saturated rings. The first kappa shape index (κ1) is 24.9. The second-order valence-electron chi connectivity index (χ2n) is 10.7. The lowest BCUT2D eigenvalue weighted by Gasteiger charge is -2.32. The minimum absolute atomic E-state index is 0.852. The Bertz CT molecular complexity index is 1760. The second kappa shape index (κ2) is 10.4. The molecule has 2 heterocycles. The zero-order valence-corrected chi connectivity index (χ0v) is 23.2. The number of para-hydroxylation sites is 1. The number of aryl methyl sites for hydroxylation is 1. The summed E-state index contributed by atoms with van der Waals surface area (Å²) in [5.41, 5.74) is 11.9. The Morgan fingerprint density at radius 1 is 0.872 bits per heavy atom. The lowest BCUT2D eigenvalue weighted by molar-refractivity contribution is 0.391. The Morgan fingerprint density at radius 3 is 2.54 bits per heavy atom. The van der Waals surface area contributed by atoms with Gasteiger partial charge in [-0.1, -0.05) is 78.1 Å². The van der Waals surface area contributed by atoms with Crippen molar-refractivity contribution in [2.24, 2.45) is 9.98 Å². The fraction of sp³-hybridized carbons (Fsp3) is 0.222. The zero-order chi connectivity index (χ0) is 26.9. The standard InChI is InChI=1S/C36H33N3/c1-24-12-16-31-21-28(15-17-30(31)20-24)14-13-25(2)26(3)37-27(4)39-19-18-29-9-7-10-33(34(29)23-39)36-22-32-8-5-6-11-35(32)38-36/h5-12,15-17,20-21H,18-19,22-23H2,1-4H3/b26-25+,37-27?. The number of hydrogen-bond donors (Lipinski definition) is 0. The molecule has 6 rings (SSSR count). The van der Waals surface area contributed by atoms with Crippen LogP contribution in [-0.4, -0.2) is 23.0 Å². The van der Waals surface area contributed by atoms with E-state index < -0.39 is 0 Å². The monoisotopic (exact) mass is 507 g/mol. The van der Waals surface area contributed by atoms with Crippen LogP contribution in [0.2, 0.25) is 0 Å². The molecule has 0 saturated heterocycles. The highest BCUT2D eigenvalue weighted by Crippen LogP contribution is 2.32. The molecular formula is C36H33N3. The van der Waals surface area contributed by atoms with Crippen molar-refractivity contribution in [3.63, 3.8) is 0 Å². The summed E-state index contributed by atoms with van der Waals surface area (Å²) in [6.45, 7) is 10.2. The molecule has 0 N–H and O–H groups in total. The molecule has 4 aromatic rings. The average molecular weight is 508 g/mol. The summed E-state index contributed by atoms with van der Waals surface area (Å²) in [4.78, 5) is 12.4. The van der Waals surface area contributed by atoms with Crippen LogP contribution >= 0.6 is 0 Å². The maximum atomic E-state index is 4.99. The molecule has 0 spiro atoms. The van der Waals surface area contributed by atoms with Crippen molar-refractivity contribution in [1.29, 1.82) is 0 Å². The van der Waals surface area contributed by atoms with Gasteiger partial charge in [0.1, 0.15) is 5.84 Å². The number of amidine groups is 1. The summed E-state index contributed by atoms with van der Waals surface area (Å²) < 4.78 is 0. The zero-order valence-electron chi connectivity index (χ0n) is 23.2. The molecule has 0 atom stereocenters. The van der Waals surface area contributed by atoms with E-state index in [0.29, 0.717) is 0 Å². The van der Waals surface area contributed by atoms with Crippen molar-refractivity contribution in [3.05, 3.63) is 124 Å². The van der Waals surface area contributed by atoms with Gasteiger partial charge in [0.15, 0.2) is 0 Å². The molecule has 0 aliphatic carbocycles. The molecule has 2 aliphatic heterocycles. The van der Waals surface area contributed by atoms with Gasteiger partial charge in [-0.2, -0.15) is 0 Å². The molecule has 4 aromatic carbocycles. The summed E-state index contributed by atoms with van der Waals surface area (Å²) in [5.74, 6) is 7.72. The Hall–Kier alpha value is -4.42. The molecule has 3 nitrogen and oxygen atoms in total. The van der Waals surface area contributed by atoms with E-state index in [0.717, 1.165) is 54.3 Å². The van der Waals surface area contributed by atoms with Crippen LogP contribution in [0.3, 0.4) is 0 Å². The smallest absolute Gasteiger partial charge is 0.102 e. The minimum atomic E-state index is 0.852. The molecule has 0 unspecified atom stereocenters. The van der Waals surface area contributed by atoms with Crippen LogP contribution in [0.4, 0.5) is 5.69 Å². The van der Waals surface area contributed by atoms with Gasteiger partial charge in [0, 0.05) is 36.2 Å². The first-order valence-electron chi connectivity index (χ1n) is 13.7. The first-order chi connectivity index (χ1) is 18.9. The number of rotatable bonds is 2. The third-order valence-electron chi connectivity index (χ3n) is 7.91. The van der Waals surface area contributed by atoms with E-state index in [1.54, 1.807) is 0 Å². The van der Waals surface area contributed by atoms with Crippen molar-refractivity contribution in [2.75, 3.05) is 6.54 Å². The summed E-state index contributed by atoms with van der Waals surface area (Å²) in [6, 6.07) is 28.1. The largest absolute Gasteiger partial charge is 0.356 e. The van der Waals surface area contributed by atoms with Crippen LogP contribution in [0.25, 0.3) is 10.8 Å². The molecule has 0 saturated carbocycles. The van der Waals surface area contributed by atoms with Gasteiger partial charge >= 0.3 is 0 Å². The maximum Gasteiger partial charge on any atom is 0.102 e. The van der Waals surface area contributed by atoms with Crippen molar-refractivity contribution in [2.45, 2.75) is 47.1 Å². The number of nitrogens with zero attached hydrogens (tertiary/aromatic N) is 3. The van der Waals surface area contributed by atoms with E-state index in [2.05, 4.69) is 123 Å². The molecule has 192 valence electrons. The molecule has 0 radical (unpaired) electrons. The van der Waals surface area contributed by atoms with Crippen LogP contribution < -0.4 is 0 Å². The van der Waals surface area contributed by atoms with Crippen molar-refractivity contribution < 1.29 is 0 Å². The summed E-state index contributed by atoms with van der Waals surface area (Å²) >= 11 is 0. The highest BCUT2D eigenvalue weighted by molar-refractivity contribution is 6.07. The number of allylic oxidation sites excluding steroid dienone is 2. The van der Waals surface area contributed by atoms with Gasteiger partial charge in [0.2, 0.25) is 0 Å². The predicted octanol–water partition coefficient (Wildman–Crippen LogP) is 7.95. The van der Waals surface area contributed by atoms with Gasteiger partial charge in [0.25, 0.3) is 0 Å². The topological polar surface area (TPSA) is 28.0 Å². The van der Waals surface area contributed by atoms with Crippen molar-refractivity contribution in [3.8, 4) is 11.8 Å². The van der Waals surface area contributed by atoms with Crippen molar-refractivity contribution in [1.82, 2.24) is 4.90 Å². The molecular weight excluding hydrogens is 474 g/mol. The van der Waals surface area contributed by atoms with Crippen LogP contribution in [0, 0.1) is 18.8 Å². The lowest BCUT2D eigenvalue weighted by Crippen LogP contribution is -2.35. The molecule has 0 aromatic heterocycles. The molecule has 0 amide bonds.